The first-order chi connectivity index (χ1) is 7.93. The molecule has 5 nitrogen and oxygen atoms in total. The molecule has 0 aliphatic carbocycles. The van der Waals surface area contributed by atoms with Gasteiger partial charge in [0.05, 0.1) is 12.7 Å². The van der Waals surface area contributed by atoms with E-state index >= 15 is 0 Å². The Bertz CT molecular complexity index is 689. The molecule has 0 aliphatic heterocycles. The van der Waals surface area contributed by atoms with Crippen LogP contribution in [0.25, 0.3) is 10.9 Å². The topological polar surface area (TPSA) is 76.2 Å². The lowest BCUT2D eigenvalue weighted by Crippen LogP contribution is -2.00. The Kier molecular flexibility index (Phi) is 2.84. The van der Waals surface area contributed by atoms with E-state index < -0.39 is 15.0 Å². The number of benzene rings is 1. The van der Waals surface area contributed by atoms with E-state index in [4.69, 9.17) is 10.7 Å². The molecule has 1 N–H and O–H groups in total. The van der Waals surface area contributed by atoms with Gasteiger partial charge in [0.25, 0.3) is 9.05 Å². The molecular formula is C10H8ClNO4S. The van der Waals surface area contributed by atoms with Gasteiger partial charge in [-0.2, -0.15) is 0 Å². The third-order valence-corrected chi connectivity index (χ3v) is 3.69. The van der Waals surface area contributed by atoms with Gasteiger partial charge in [0, 0.05) is 27.8 Å². The number of aromatic amines is 1. The molecule has 2 aromatic rings. The van der Waals surface area contributed by atoms with Crippen LogP contribution in [0.4, 0.5) is 0 Å². The largest absolute Gasteiger partial charge is 0.465 e. The number of methoxy groups -OCH3 is 1. The fourth-order valence-electron chi connectivity index (χ4n) is 1.55. The molecule has 90 valence electrons. The molecule has 1 aromatic heterocycles. The van der Waals surface area contributed by atoms with Crippen molar-refractivity contribution in [3.8, 4) is 0 Å². The molecule has 0 unspecified atom stereocenters. The molecule has 0 aliphatic rings. The van der Waals surface area contributed by atoms with Crippen molar-refractivity contribution in [2.24, 2.45) is 0 Å². The third-order valence-electron chi connectivity index (χ3n) is 2.33. The summed E-state index contributed by atoms with van der Waals surface area (Å²) >= 11 is 0. The Labute approximate surface area is 102 Å². The van der Waals surface area contributed by atoms with Crippen molar-refractivity contribution in [1.82, 2.24) is 4.98 Å². The average Bonchev–Trinajstić information content (AvgIpc) is 2.70. The Hall–Kier alpha value is -1.53. The minimum absolute atomic E-state index is 0.00872. The lowest BCUT2D eigenvalue weighted by atomic mass is 10.2. The number of carbonyl (C=O) groups excluding carboxylic acids is 1. The molecule has 0 saturated heterocycles. The molecule has 0 saturated carbocycles. The van der Waals surface area contributed by atoms with E-state index in [1.165, 1.54) is 31.5 Å². The zero-order valence-electron chi connectivity index (χ0n) is 8.73. The fraction of sp³-hybridized carbons (Fsp3) is 0.100. The number of esters is 1. The Morgan fingerprint density at radius 2 is 2.12 bits per heavy atom. The lowest BCUT2D eigenvalue weighted by molar-refractivity contribution is 0.0601. The van der Waals surface area contributed by atoms with Gasteiger partial charge in [-0.15, -0.1) is 0 Å². The molecule has 0 bridgehead atoms. The van der Waals surface area contributed by atoms with Crippen LogP contribution in [0.15, 0.2) is 29.3 Å². The van der Waals surface area contributed by atoms with E-state index in [2.05, 4.69) is 9.72 Å². The number of aromatic nitrogens is 1. The Morgan fingerprint density at radius 1 is 1.41 bits per heavy atom. The maximum atomic E-state index is 11.3. The molecular weight excluding hydrogens is 266 g/mol. The van der Waals surface area contributed by atoms with Crippen LogP contribution >= 0.6 is 10.7 Å². The highest BCUT2D eigenvalue weighted by Gasteiger charge is 2.17. The molecule has 0 amide bonds. The zero-order valence-corrected chi connectivity index (χ0v) is 10.3. The van der Waals surface area contributed by atoms with Crippen molar-refractivity contribution in [3.05, 3.63) is 30.0 Å². The van der Waals surface area contributed by atoms with Crippen molar-refractivity contribution < 1.29 is 17.9 Å². The number of carbonyl (C=O) groups is 1. The monoisotopic (exact) mass is 273 g/mol. The summed E-state index contributed by atoms with van der Waals surface area (Å²) in [7, 11) is 2.74. The number of rotatable bonds is 2. The van der Waals surface area contributed by atoms with Crippen molar-refractivity contribution >= 4 is 36.6 Å². The van der Waals surface area contributed by atoms with E-state index in [0.717, 1.165) is 0 Å². The second-order valence-electron chi connectivity index (χ2n) is 3.34. The van der Waals surface area contributed by atoms with E-state index in [-0.39, 0.29) is 4.90 Å². The molecule has 17 heavy (non-hydrogen) atoms. The van der Waals surface area contributed by atoms with Crippen molar-refractivity contribution in [1.29, 1.82) is 0 Å². The summed E-state index contributed by atoms with van der Waals surface area (Å²) in [5.74, 6) is -0.489. The molecule has 0 radical (unpaired) electrons. The van der Waals surface area contributed by atoms with Crippen LogP contribution < -0.4 is 0 Å². The van der Waals surface area contributed by atoms with Gasteiger partial charge in [-0.05, 0) is 12.1 Å². The van der Waals surface area contributed by atoms with Crippen LogP contribution in [0.2, 0.25) is 0 Å². The van der Waals surface area contributed by atoms with E-state index in [0.29, 0.717) is 16.5 Å². The van der Waals surface area contributed by atoms with Crippen LogP contribution in [0.3, 0.4) is 0 Å². The molecule has 1 aromatic carbocycles. The summed E-state index contributed by atoms with van der Waals surface area (Å²) in [5.41, 5.74) is 0.840. The maximum absolute atomic E-state index is 11.3. The van der Waals surface area contributed by atoms with Crippen LogP contribution in [0.5, 0.6) is 0 Å². The molecule has 2 rings (SSSR count). The summed E-state index contributed by atoms with van der Waals surface area (Å²) < 4.78 is 27.0. The van der Waals surface area contributed by atoms with Crippen LogP contribution in [-0.2, 0) is 13.8 Å². The lowest BCUT2D eigenvalue weighted by Gasteiger charge is -1.99. The van der Waals surface area contributed by atoms with Crippen molar-refractivity contribution in [3.63, 3.8) is 0 Å². The quantitative estimate of drug-likeness (QED) is 0.669. The number of fused-ring (bicyclic) bond motifs is 1. The summed E-state index contributed by atoms with van der Waals surface area (Å²) in [6.45, 7) is 0. The average molecular weight is 274 g/mol. The first-order valence-electron chi connectivity index (χ1n) is 4.57. The third kappa shape index (κ3) is 2.13. The van der Waals surface area contributed by atoms with Gasteiger partial charge in [0.2, 0.25) is 0 Å². The molecule has 1 heterocycles. The number of nitrogens with one attached hydrogen (secondary N) is 1. The number of halogens is 1. The van der Waals surface area contributed by atoms with Crippen molar-refractivity contribution in [2.45, 2.75) is 4.90 Å². The zero-order chi connectivity index (χ0) is 12.6. The van der Waals surface area contributed by atoms with E-state index in [9.17, 15) is 13.2 Å². The van der Waals surface area contributed by atoms with E-state index in [1.54, 1.807) is 0 Å². The van der Waals surface area contributed by atoms with Gasteiger partial charge in [0.15, 0.2) is 0 Å². The Morgan fingerprint density at radius 3 is 2.71 bits per heavy atom. The van der Waals surface area contributed by atoms with Gasteiger partial charge in [-0.25, -0.2) is 13.2 Å². The highest BCUT2D eigenvalue weighted by atomic mass is 35.7. The van der Waals surface area contributed by atoms with Gasteiger partial charge in [-0.3, -0.25) is 0 Å². The standard InChI is InChI=1S/C10H8ClNO4S/c1-16-10(13)6-2-3-7-8(4-6)12-5-9(7)17(11,14)15/h2-5,12H,1H3. The maximum Gasteiger partial charge on any atom is 0.337 e. The highest BCUT2D eigenvalue weighted by Crippen LogP contribution is 2.26. The second-order valence-corrected chi connectivity index (χ2v) is 5.88. The highest BCUT2D eigenvalue weighted by molar-refractivity contribution is 8.14. The van der Waals surface area contributed by atoms with Gasteiger partial charge in [0.1, 0.15) is 4.90 Å². The SMILES string of the molecule is COC(=O)c1ccc2c(S(=O)(=O)Cl)c[nH]c2c1. The predicted molar refractivity (Wildman–Crippen MR) is 62.7 cm³/mol. The molecule has 0 atom stereocenters. The normalized spacial score (nSPS) is 11.6. The molecule has 7 heteroatoms. The minimum atomic E-state index is -3.80. The van der Waals surface area contributed by atoms with Crippen LogP contribution in [0, 0.1) is 0 Å². The first kappa shape index (κ1) is 11.9. The number of H-pyrrole nitrogens is 1. The molecule has 0 fully saturated rings. The molecule has 0 spiro atoms. The van der Waals surface area contributed by atoms with Crippen LogP contribution in [0.1, 0.15) is 10.4 Å². The summed E-state index contributed by atoms with van der Waals surface area (Å²) in [6, 6.07) is 4.49. The van der Waals surface area contributed by atoms with Crippen LogP contribution in [-0.4, -0.2) is 26.5 Å². The summed E-state index contributed by atoms with van der Waals surface area (Å²) in [5, 5.41) is 0.438. The summed E-state index contributed by atoms with van der Waals surface area (Å²) in [4.78, 5) is 14.0. The predicted octanol–water partition coefficient (Wildman–Crippen LogP) is 1.88. The van der Waals surface area contributed by atoms with Crippen molar-refractivity contribution in [2.75, 3.05) is 7.11 Å². The second kappa shape index (κ2) is 4.05. The first-order valence-corrected chi connectivity index (χ1v) is 6.88. The summed E-state index contributed by atoms with van der Waals surface area (Å²) in [6.07, 6.45) is 1.29. The number of hydrogen-bond donors (Lipinski definition) is 1. The number of hydrogen-bond acceptors (Lipinski definition) is 4. The number of ether oxygens (including phenoxy) is 1. The van der Waals surface area contributed by atoms with Gasteiger partial charge >= 0.3 is 5.97 Å². The minimum Gasteiger partial charge on any atom is -0.465 e. The van der Waals surface area contributed by atoms with E-state index in [1.807, 2.05) is 0 Å². The van der Waals surface area contributed by atoms with Gasteiger partial charge < -0.3 is 9.72 Å². The fourth-order valence-corrected chi connectivity index (χ4v) is 2.57. The smallest absolute Gasteiger partial charge is 0.337 e. The van der Waals surface area contributed by atoms with Gasteiger partial charge in [-0.1, -0.05) is 6.07 Å². The Balaban J connectivity index is 2.64.